The lowest BCUT2D eigenvalue weighted by Crippen LogP contribution is -2.39. The van der Waals surface area contributed by atoms with Crippen LogP contribution in [0.4, 0.5) is 10.2 Å². The van der Waals surface area contributed by atoms with Crippen LogP contribution < -0.4 is 5.73 Å². The monoisotopic (exact) mass is 446 g/mol. The van der Waals surface area contributed by atoms with Crippen molar-refractivity contribution in [3.05, 3.63) is 77.0 Å². The van der Waals surface area contributed by atoms with Gasteiger partial charge in [0.1, 0.15) is 11.6 Å². The molecule has 172 valence electrons. The van der Waals surface area contributed by atoms with E-state index in [-0.39, 0.29) is 17.6 Å². The summed E-state index contributed by atoms with van der Waals surface area (Å²) in [5, 5.41) is 0. The van der Waals surface area contributed by atoms with Crippen LogP contribution in [-0.4, -0.2) is 33.9 Å². The number of benzene rings is 1. The third-order valence-electron chi connectivity index (χ3n) is 6.36. The van der Waals surface area contributed by atoms with Gasteiger partial charge in [-0.25, -0.2) is 9.37 Å². The lowest BCUT2D eigenvalue weighted by atomic mass is 9.92. The molecule has 1 fully saturated rings. The first-order valence-corrected chi connectivity index (χ1v) is 11.6. The summed E-state index contributed by atoms with van der Waals surface area (Å²) in [5.74, 6) is 0.729. The fourth-order valence-electron chi connectivity index (χ4n) is 4.56. The van der Waals surface area contributed by atoms with Crippen molar-refractivity contribution in [2.75, 3.05) is 18.8 Å². The van der Waals surface area contributed by atoms with Gasteiger partial charge < -0.3 is 10.6 Å². The summed E-state index contributed by atoms with van der Waals surface area (Å²) in [6, 6.07) is 13.1. The first kappa shape index (κ1) is 22.9. The first-order chi connectivity index (χ1) is 15.9. The highest BCUT2D eigenvalue weighted by Gasteiger charge is 2.26. The summed E-state index contributed by atoms with van der Waals surface area (Å²) in [6.07, 6.45) is 5.83. The number of hydrogen-bond acceptors (Lipinski definition) is 4. The van der Waals surface area contributed by atoms with Crippen LogP contribution >= 0.6 is 0 Å². The normalized spacial score (nSPS) is 16.1. The van der Waals surface area contributed by atoms with Gasteiger partial charge in [-0.2, -0.15) is 0 Å². The van der Waals surface area contributed by atoms with E-state index in [0.29, 0.717) is 24.3 Å². The highest BCUT2D eigenvalue weighted by molar-refractivity contribution is 5.76. The Kier molecular flexibility index (Phi) is 7.02. The highest BCUT2D eigenvalue weighted by atomic mass is 19.1. The third kappa shape index (κ3) is 5.75. The number of likely N-dealkylation sites (tertiary alicyclic amines) is 1. The molecule has 3 heterocycles. The number of aromatic nitrogens is 2. The Morgan fingerprint density at radius 2 is 2.00 bits per heavy atom. The Balaban J connectivity index is 1.39. The molecule has 1 aliphatic heterocycles. The molecule has 0 spiro atoms. The summed E-state index contributed by atoms with van der Waals surface area (Å²) in [5.41, 5.74) is 11.5. The molecule has 1 amide bonds. The van der Waals surface area contributed by atoms with Crippen molar-refractivity contribution >= 4 is 11.7 Å². The lowest BCUT2D eigenvalue weighted by Gasteiger charge is -2.33. The van der Waals surface area contributed by atoms with Gasteiger partial charge in [-0.15, -0.1) is 0 Å². The van der Waals surface area contributed by atoms with Crippen LogP contribution in [0.25, 0.3) is 11.1 Å². The maximum Gasteiger partial charge on any atom is 0.222 e. The average molecular weight is 447 g/mol. The molecule has 0 bridgehead atoms. The number of halogens is 1. The number of nitrogens with zero attached hydrogens (tertiary/aromatic N) is 3. The second kappa shape index (κ2) is 10.1. The quantitative estimate of drug-likeness (QED) is 0.564. The van der Waals surface area contributed by atoms with Crippen LogP contribution in [0, 0.1) is 19.7 Å². The molecule has 2 N–H and O–H groups in total. The topological polar surface area (TPSA) is 72.1 Å². The van der Waals surface area contributed by atoms with Gasteiger partial charge >= 0.3 is 0 Å². The van der Waals surface area contributed by atoms with Crippen molar-refractivity contribution in [2.24, 2.45) is 0 Å². The molecular weight excluding hydrogens is 415 g/mol. The van der Waals surface area contributed by atoms with Crippen molar-refractivity contribution in [2.45, 2.75) is 51.9 Å². The van der Waals surface area contributed by atoms with E-state index in [2.05, 4.69) is 17.1 Å². The van der Waals surface area contributed by atoms with Crippen LogP contribution in [0.2, 0.25) is 0 Å². The zero-order valence-electron chi connectivity index (χ0n) is 19.4. The smallest absolute Gasteiger partial charge is 0.222 e. The van der Waals surface area contributed by atoms with E-state index in [9.17, 15) is 9.18 Å². The number of nitrogens with two attached hydrogens (primary N) is 1. The van der Waals surface area contributed by atoms with E-state index in [1.54, 1.807) is 25.3 Å². The van der Waals surface area contributed by atoms with Crippen LogP contribution in [0.15, 0.2) is 48.7 Å². The van der Waals surface area contributed by atoms with E-state index < -0.39 is 0 Å². The number of nitrogen functional groups attached to an aromatic ring is 1. The summed E-state index contributed by atoms with van der Waals surface area (Å²) in [4.78, 5) is 23.9. The molecule has 33 heavy (non-hydrogen) atoms. The first-order valence-electron chi connectivity index (χ1n) is 11.6. The number of carbonyl (C=O) groups excluding carboxylic acids is 1. The highest BCUT2D eigenvalue weighted by Crippen LogP contribution is 2.30. The molecule has 5 nitrogen and oxygen atoms in total. The summed E-state index contributed by atoms with van der Waals surface area (Å²) in [7, 11) is 0. The molecule has 2 aromatic heterocycles. The van der Waals surface area contributed by atoms with Crippen LogP contribution in [0.3, 0.4) is 0 Å². The number of carbonyl (C=O) groups is 1. The van der Waals surface area contributed by atoms with Crippen LogP contribution in [0.5, 0.6) is 0 Å². The maximum atomic E-state index is 13.5. The number of amides is 1. The Hall–Kier alpha value is -3.28. The van der Waals surface area contributed by atoms with Gasteiger partial charge in [0.25, 0.3) is 0 Å². The molecule has 1 aliphatic rings. The van der Waals surface area contributed by atoms with Gasteiger partial charge in [-0.1, -0.05) is 12.1 Å². The van der Waals surface area contributed by atoms with Crippen molar-refractivity contribution in [3.63, 3.8) is 0 Å². The molecule has 0 radical (unpaired) electrons. The van der Waals surface area contributed by atoms with Gasteiger partial charge in [-0.3, -0.25) is 9.78 Å². The van der Waals surface area contributed by atoms with E-state index in [4.69, 9.17) is 10.7 Å². The molecule has 0 saturated carbocycles. The Morgan fingerprint density at radius 3 is 2.76 bits per heavy atom. The van der Waals surface area contributed by atoms with E-state index in [1.807, 2.05) is 24.0 Å². The molecule has 1 saturated heterocycles. The molecule has 4 rings (SSSR count). The van der Waals surface area contributed by atoms with Crippen LogP contribution in [0.1, 0.15) is 54.1 Å². The van der Waals surface area contributed by atoms with Gasteiger partial charge in [-0.05, 0) is 86.6 Å². The molecular formula is C27H31FN4O. The predicted molar refractivity (Wildman–Crippen MR) is 129 cm³/mol. The third-order valence-corrected chi connectivity index (χ3v) is 6.36. The molecule has 0 aliphatic carbocycles. The lowest BCUT2D eigenvalue weighted by molar-refractivity contribution is -0.132. The largest absolute Gasteiger partial charge is 0.384 e. The van der Waals surface area contributed by atoms with Crippen molar-refractivity contribution < 1.29 is 9.18 Å². The predicted octanol–water partition coefficient (Wildman–Crippen LogP) is 5.21. The number of pyridine rings is 2. The minimum absolute atomic E-state index is 0.185. The van der Waals surface area contributed by atoms with E-state index in [1.165, 1.54) is 6.07 Å². The Labute approximate surface area is 194 Å². The number of rotatable bonds is 6. The average Bonchev–Trinajstić information content (AvgIpc) is 2.81. The summed E-state index contributed by atoms with van der Waals surface area (Å²) < 4.78 is 13.5. The fraction of sp³-hybridized carbons (Fsp3) is 0.370. The minimum Gasteiger partial charge on any atom is -0.384 e. The zero-order chi connectivity index (χ0) is 23.4. The molecule has 1 aromatic carbocycles. The minimum atomic E-state index is -0.185. The van der Waals surface area contributed by atoms with Crippen LogP contribution in [-0.2, 0) is 11.2 Å². The second-order valence-electron chi connectivity index (χ2n) is 9.01. The number of aryl methyl sites for hydroxylation is 3. The van der Waals surface area contributed by atoms with Gasteiger partial charge in [0.05, 0.1) is 0 Å². The molecule has 1 atom stereocenters. The number of anilines is 1. The standard InChI is InChI=1S/C27H31FN4O/c1-18-13-20(8-10-24(18)28)5-3-7-27(33)32-12-4-6-22(17-32)25-15-23(14-19(2)31-25)21-9-11-26(29)30-16-21/h8-11,13-16,22H,3-7,12,17H2,1-2H3,(H2,29,30). The maximum absolute atomic E-state index is 13.5. The van der Waals surface area contributed by atoms with E-state index >= 15 is 0 Å². The van der Waals surface area contributed by atoms with Gasteiger partial charge in [0.2, 0.25) is 5.91 Å². The number of piperidine rings is 1. The summed E-state index contributed by atoms with van der Waals surface area (Å²) >= 11 is 0. The molecule has 3 aromatic rings. The van der Waals surface area contributed by atoms with Crippen molar-refractivity contribution in [1.29, 1.82) is 0 Å². The van der Waals surface area contributed by atoms with Gasteiger partial charge in [0, 0.05) is 48.6 Å². The van der Waals surface area contributed by atoms with E-state index in [0.717, 1.165) is 60.3 Å². The SMILES string of the molecule is Cc1cc(-c2ccc(N)nc2)cc(C2CCCN(C(=O)CCCc3ccc(F)c(C)c3)C2)n1. The molecule has 6 heteroatoms. The van der Waals surface area contributed by atoms with Gasteiger partial charge in [0.15, 0.2) is 0 Å². The zero-order valence-corrected chi connectivity index (χ0v) is 19.4. The Morgan fingerprint density at radius 1 is 1.15 bits per heavy atom. The Bertz CT molecular complexity index is 1130. The number of hydrogen-bond donors (Lipinski definition) is 1. The fourth-order valence-corrected chi connectivity index (χ4v) is 4.56. The molecule has 1 unspecified atom stereocenters. The van der Waals surface area contributed by atoms with Crippen molar-refractivity contribution in [1.82, 2.24) is 14.9 Å². The summed E-state index contributed by atoms with van der Waals surface area (Å²) in [6.45, 7) is 5.27. The second-order valence-corrected chi connectivity index (χ2v) is 9.01. The van der Waals surface area contributed by atoms with Crippen molar-refractivity contribution in [3.8, 4) is 11.1 Å².